The van der Waals surface area contributed by atoms with Crippen LogP contribution in [0, 0.1) is 0 Å². The molecule has 0 bridgehead atoms. The van der Waals surface area contributed by atoms with E-state index in [1.54, 1.807) is 0 Å². The van der Waals surface area contributed by atoms with E-state index in [9.17, 15) is 0 Å². The first-order valence-electron chi connectivity index (χ1n) is 0. The van der Waals surface area contributed by atoms with Crippen molar-refractivity contribution in [2.24, 2.45) is 0 Å². The summed E-state index contributed by atoms with van der Waals surface area (Å²) in [6, 6.07) is 0. The van der Waals surface area contributed by atoms with Crippen LogP contribution in [-0.2, 0) is 34.1 Å². The summed E-state index contributed by atoms with van der Waals surface area (Å²) in [5.41, 5.74) is 0. The molecule has 0 atom stereocenters. The second-order valence-electron chi connectivity index (χ2n) is 0. The predicted octanol–water partition coefficient (Wildman–Crippen LogP) is -0.359. The number of hydrogen-bond acceptors (Lipinski definition) is 2. The Balaban J connectivity index is 0. The normalized spacial score (nSPS) is 0. The Labute approximate surface area is 45.5 Å². The smallest absolute Gasteiger partial charge is 0.870 e. The first kappa shape index (κ1) is 84.5. The maximum atomic E-state index is 0. The van der Waals surface area contributed by atoms with Gasteiger partial charge in [-0.15, -0.1) is 0 Å². The first-order valence-corrected chi connectivity index (χ1v) is 0. The third-order valence-electron chi connectivity index (χ3n) is 0. The summed E-state index contributed by atoms with van der Waals surface area (Å²) in [6.07, 6.45) is 0. The molecular formula is H2FeMnO2. The Morgan fingerprint density at radius 3 is 0.750 bits per heavy atom. The molecule has 29 valence electrons. The fourth-order valence-electron chi connectivity index (χ4n) is 0. The van der Waals surface area contributed by atoms with E-state index in [-0.39, 0.29) is 45.1 Å². The van der Waals surface area contributed by atoms with E-state index in [0.29, 0.717) is 0 Å². The topological polar surface area (TPSA) is 60.0 Å². The molecule has 0 heterocycles. The second-order valence-corrected chi connectivity index (χ2v) is 0. The molecular weight excluding hydrogens is 143 g/mol. The van der Waals surface area contributed by atoms with Crippen LogP contribution >= 0.6 is 0 Å². The molecule has 4 heteroatoms. The average Bonchev–Trinajstić information content (AvgIpc) is 0. The van der Waals surface area contributed by atoms with Gasteiger partial charge in [0.05, 0.1) is 0 Å². The van der Waals surface area contributed by atoms with Gasteiger partial charge in [0.1, 0.15) is 0 Å². The van der Waals surface area contributed by atoms with Gasteiger partial charge in [0.2, 0.25) is 0 Å². The van der Waals surface area contributed by atoms with E-state index in [4.69, 9.17) is 0 Å². The van der Waals surface area contributed by atoms with Crippen LogP contribution in [0.3, 0.4) is 0 Å². The van der Waals surface area contributed by atoms with Gasteiger partial charge in [0, 0.05) is 17.1 Å². The quantitative estimate of drug-likeness (QED) is 0.437. The number of hydrogen-bond donors (Lipinski definition) is 0. The zero-order chi connectivity index (χ0) is 0. The van der Waals surface area contributed by atoms with Crippen LogP contribution in [0.5, 0.6) is 0 Å². The molecule has 0 saturated carbocycles. The minimum atomic E-state index is 0. The van der Waals surface area contributed by atoms with Crippen molar-refractivity contribution < 1.29 is 45.1 Å². The molecule has 2 nitrogen and oxygen atoms in total. The van der Waals surface area contributed by atoms with E-state index in [1.807, 2.05) is 0 Å². The minimum Gasteiger partial charge on any atom is -0.870 e. The van der Waals surface area contributed by atoms with Crippen molar-refractivity contribution in [3.05, 3.63) is 0 Å². The van der Waals surface area contributed by atoms with E-state index >= 15 is 0 Å². The largest absolute Gasteiger partial charge is 2.00 e. The van der Waals surface area contributed by atoms with E-state index in [1.165, 1.54) is 0 Å². The van der Waals surface area contributed by atoms with Crippen LogP contribution < -0.4 is 0 Å². The molecule has 0 unspecified atom stereocenters. The molecule has 0 aliphatic heterocycles. The summed E-state index contributed by atoms with van der Waals surface area (Å²) in [7, 11) is 0. The molecule has 0 saturated heterocycles. The fourth-order valence-corrected chi connectivity index (χ4v) is 0. The average molecular weight is 145 g/mol. The van der Waals surface area contributed by atoms with Gasteiger partial charge in [-0.1, -0.05) is 0 Å². The maximum absolute atomic E-state index is 0. The Morgan fingerprint density at radius 2 is 0.750 bits per heavy atom. The van der Waals surface area contributed by atoms with E-state index in [2.05, 4.69) is 0 Å². The van der Waals surface area contributed by atoms with E-state index in [0.717, 1.165) is 0 Å². The zero-order valence-corrected chi connectivity index (χ0v) is 3.91. The molecule has 0 aliphatic carbocycles. The van der Waals surface area contributed by atoms with Gasteiger partial charge in [0.15, 0.2) is 0 Å². The maximum Gasteiger partial charge on any atom is 2.00 e. The van der Waals surface area contributed by atoms with Crippen molar-refractivity contribution in [2.75, 3.05) is 0 Å². The van der Waals surface area contributed by atoms with Gasteiger partial charge in [-0.05, 0) is 0 Å². The monoisotopic (exact) mass is 145 g/mol. The van der Waals surface area contributed by atoms with Gasteiger partial charge in [0.25, 0.3) is 0 Å². The second kappa shape index (κ2) is 37.7. The summed E-state index contributed by atoms with van der Waals surface area (Å²) < 4.78 is 0. The van der Waals surface area contributed by atoms with Crippen LogP contribution in [0.2, 0.25) is 0 Å². The van der Waals surface area contributed by atoms with Gasteiger partial charge < -0.3 is 11.0 Å². The van der Waals surface area contributed by atoms with E-state index < -0.39 is 0 Å². The molecule has 0 aliphatic rings. The molecule has 1 radical (unpaired) electrons. The summed E-state index contributed by atoms with van der Waals surface area (Å²) in [4.78, 5) is 0. The predicted molar refractivity (Wildman–Crippen MR) is 3.87 cm³/mol. The Hall–Kier alpha value is 0.959. The third kappa shape index (κ3) is 12.3. The van der Waals surface area contributed by atoms with Gasteiger partial charge in [-0.3, -0.25) is 0 Å². The molecule has 0 spiro atoms. The van der Waals surface area contributed by atoms with Crippen molar-refractivity contribution in [1.29, 1.82) is 0 Å². The van der Waals surface area contributed by atoms with Gasteiger partial charge in [-0.25, -0.2) is 0 Å². The first-order chi connectivity index (χ1) is 0. The minimum absolute atomic E-state index is 0. The van der Waals surface area contributed by atoms with Crippen molar-refractivity contribution in [1.82, 2.24) is 0 Å². The Morgan fingerprint density at radius 1 is 0.750 bits per heavy atom. The third-order valence-corrected chi connectivity index (χ3v) is 0. The molecule has 0 aromatic carbocycles. The summed E-state index contributed by atoms with van der Waals surface area (Å²) in [5, 5.41) is 0. The Bertz CT molecular complexity index is 6.00. The van der Waals surface area contributed by atoms with Crippen molar-refractivity contribution in [2.45, 2.75) is 0 Å². The van der Waals surface area contributed by atoms with Crippen LogP contribution in [0.25, 0.3) is 0 Å². The molecule has 2 N–H and O–H groups in total. The summed E-state index contributed by atoms with van der Waals surface area (Å²) in [6.45, 7) is 0. The van der Waals surface area contributed by atoms with Crippen LogP contribution in [-0.4, -0.2) is 11.0 Å². The standard InChI is InChI=1S/Fe.Mn.2H2O/h;;2*1H2/q;+2;;/p-2. The molecule has 0 aromatic rings. The van der Waals surface area contributed by atoms with Crippen LogP contribution in [0.4, 0.5) is 0 Å². The van der Waals surface area contributed by atoms with Crippen molar-refractivity contribution in [3.63, 3.8) is 0 Å². The summed E-state index contributed by atoms with van der Waals surface area (Å²) in [5.74, 6) is 0. The SMILES string of the molecule is [Fe].[Mn+2].[OH-].[OH-]. The fraction of sp³-hybridized carbons (Fsp3) is 0. The van der Waals surface area contributed by atoms with Crippen molar-refractivity contribution in [3.8, 4) is 0 Å². The molecule has 0 rings (SSSR count). The molecule has 0 fully saturated rings. The molecule has 0 amide bonds. The molecule has 4 heavy (non-hydrogen) atoms. The summed E-state index contributed by atoms with van der Waals surface area (Å²) >= 11 is 0. The van der Waals surface area contributed by atoms with Gasteiger partial charge >= 0.3 is 17.1 Å². The molecule has 0 aromatic heterocycles. The van der Waals surface area contributed by atoms with Crippen LogP contribution in [0.1, 0.15) is 0 Å². The Kier molecular flexibility index (Phi) is 796. The van der Waals surface area contributed by atoms with Crippen LogP contribution in [0.15, 0.2) is 0 Å². The zero-order valence-electron chi connectivity index (χ0n) is 1.63. The van der Waals surface area contributed by atoms with Gasteiger partial charge in [-0.2, -0.15) is 0 Å². The van der Waals surface area contributed by atoms with Crippen molar-refractivity contribution >= 4 is 0 Å². The number of rotatable bonds is 0.